The summed E-state index contributed by atoms with van der Waals surface area (Å²) in [5.74, 6) is 0.0879. The summed E-state index contributed by atoms with van der Waals surface area (Å²) in [6.07, 6.45) is 3.65. The van der Waals surface area contributed by atoms with Crippen LogP contribution in [0.3, 0.4) is 0 Å². The molecule has 0 fully saturated rings. The summed E-state index contributed by atoms with van der Waals surface area (Å²) in [6.45, 7) is 1.93. The molecule has 3 nitrogen and oxygen atoms in total. The molecule has 3 N–H and O–H groups in total. The summed E-state index contributed by atoms with van der Waals surface area (Å²) in [6, 6.07) is 1.86. The van der Waals surface area contributed by atoms with Crippen molar-refractivity contribution in [1.29, 1.82) is 5.41 Å². The van der Waals surface area contributed by atoms with Crippen molar-refractivity contribution in [3.05, 3.63) is 23.4 Å². The maximum atomic E-state index is 7.34. The summed E-state index contributed by atoms with van der Waals surface area (Å²) < 4.78 is 0. The highest BCUT2D eigenvalue weighted by atomic mass is 32.2. The molecule has 1 rings (SSSR count). The number of nitrogens with one attached hydrogen (secondary N) is 1. The highest BCUT2D eigenvalue weighted by Gasteiger charge is 2.07. The van der Waals surface area contributed by atoms with E-state index in [2.05, 4.69) is 4.98 Å². The average Bonchev–Trinajstić information content (AvgIpc) is 2.03. The Morgan fingerprint density at radius 2 is 2.33 bits per heavy atom. The Labute approximate surface area is 75.9 Å². The summed E-state index contributed by atoms with van der Waals surface area (Å²) in [5, 5.41) is 8.17. The Kier molecular flexibility index (Phi) is 2.70. The molecule has 0 aromatic carbocycles. The summed E-state index contributed by atoms with van der Waals surface area (Å²) in [4.78, 5) is 4.12. The fraction of sp³-hybridized carbons (Fsp3) is 0.250. The lowest BCUT2D eigenvalue weighted by Gasteiger charge is -2.06. The second-order valence-electron chi connectivity index (χ2n) is 2.43. The number of thioether (sulfide) groups is 1. The molecule has 0 aliphatic carbocycles. The molecule has 1 aromatic rings. The van der Waals surface area contributed by atoms with Gasteiger partial charge in [-0.3, -0.25) is 5.41 Å². The normalized spacial score (nSPS) is 9.83. The molecule has 0 saturated heterocycles. The van der Waals surface area contributed by atoms with Gasteiger partial charge in [0.25, 0.3) is 0 Å². The molecular formula is C8H11N3S. The maximum absolute atomic E-state index is 7.34. The number of hydrogen-bond acceptors (Lipinski definition) is 3. The number of pyridine rings is 1. The standard InChI is InChI=1S/C8H11N3S/c1-5-3-4-11-8(12-2)6(5)7(9)10/h3-4H,1-2H3,(H3,9,10). The lowest BCUT2D eigenvalue weighted by Crippen LogP contribution is -2.14. The molecule has 12 heavy (non-hydrogen) atoms. The van der Waals surface area contributed by atoms with Crippen LogP contribution in [0.5, 0.6) is 0 Å². The third-order valence-corrected chi connectivity index (χ3v) is 2.28. The third-order valence-electron chi connectivity index (χ3n) is 1.59. The van der Waals surface area contributed by atoms with Gasteiger partial charge in [0.2, 0.25) is 0 Å². The van der Waals surface area contributed by atoms with Gasteiger partial charge in [0.1, 0.15) is 10.9 Å². The third kappa shape index (κ3) is 1.58. The molecule has 0 unspecified atom stereocenters. The molecule has 0 atom stereocenters. The van der Waals surface area contributed by atoms with Crippen molar-refractivity contribution in [1.82, 2.24) is 4.98 Å². The predicted molar refractivity (Wildman–Crippen MR) is 51.8 cm³/mol. The second-order valence-corrected chi connectivity index (χ2v) is 3.22. The Morgan fingerprint density at radius 3 is 2.75 bits per heavy atom. The van der Waals surface area contributed by atoms with Crippen molar-refractivity contribution in [2.75, 3.05) is 6.26 Å². The van der Waals surface area contributed by atoms with Gasteiger partial charge < -0.3 is 5.73 Å². The van der Waals surface area contributed by atoms with Crippen molar-refractivity contribution in [2.24, 2.45) is 5.73 Å². The molecule has 1 heterocycles. The van der Waals surface area contributed by atoms with Crippen molar-refractivity contribution in [3.63, 3.8) is 0 Å². The summed E-state index contributed by atoms with van der Waals surface area (Å²) in [7, 11) is 0. The quantitative estimate of drug-likeness (QED) is 0.412. The molecule has 0 radical (unpaired) electrons. The number of aryl methyl sites for hydroxylation is 1. The Hall–Kier alpha value is -1.03. The Bertz CT molecular complexity index is 309. The second kappa shape index (κ2) is 3.58. The lowest BCUT2D eigenvalue weighted by molar-refractivity contribution is 1.09. The largest absolute Gasteiger partial charge is 0.384 e. The predicted octanol–water partition coefficient (Wildman–Crippen LogP) is 1.40. The molecule has 1 aromatic heterocycles. The molecule has 64 valence electrons. The first-order valence-corrected chi connectivity index (χ1v) is 4.73. The van der Waals surface area contributed by atoms with Gasteiger partial charge in [-0.2, -0.15) is 0 Å². The van der Waals surface area contributed by atoms with Gasteiger partial charge in [-0.1, -0.05) is 0 Å². The van der Waals surface area contributed by atoms with Crippen molar-refractivity contribution in [2.45, 2.75) is 11.9 Å². The minimum atomic E-state index is 0.0879. The molecule has 0 saturated carbocycles. The van der Waals surface area contributed by atoms with Crippen LogP contribution >= 0.6 is 11.8 Å². The lowest BCUT2D eigenvalue weighted by atomic mass is 10.1. The van der Waals surface area contributed by atoms with Crippen LogP contribution in [0.15, 0.2) is 17.3 Å². The van der Waals surface area contributed by atoms with Gasteiger partial charge in [0.15, 0.2) is 0 Å². The molecule has 0 spiro atoms. The van der Waals surface area contributed by atoms with Crippen LogP contribution in [-0.4, -0.2) is 17.1 Å². The SMILES string of the molecule is CSc1nccc(C)c1C(=N)N. The van der Waals surface area contributed by atoms with E-state index in [0.29, 0.717) is 0 Å². The van der Waals surface area contributed by atoms with Crippen LogP contribution in [0.25, 0.3) is 0 Å². The minimum Gasteiger partial charge on any atom is -0.384 e. The van der Waals surface area contributed by atoms with Gasteiger partial charge in [0, 0.05) is 6.20 Å². The van der Waals surface area contributed by atoms with Crippen LogP contribution in [-0.2, 0) is 0 Å². The van der Waals surface area contributed by atoms with Gasteiger partial charge in [0.05, 0.1) is 5.56 Å². The number of amidine groups is 1. The van der Waals surface area contributed by atoms with Crippen molar-refractivity contribution in [3.8, 4) is 0 Å². The monoisotopic (exact) mass is 181 g/mol. The van der Waals surface area contributed by atoms with Gasteiger partial charge in [-0.15, -0.1) is 11.8 Å². The minimum absolute atomic E-state index is 0.0879. The van der Waals surface area contributed by atoms with E-state index in [9.17, 15) is 0 Å². The van der Waals surface area contributed by atoms with E-state index >= 15 is 0 Å². The van der Waals surface area contributed by atoms with Crippen molar-refractivity contribution < 1.29 is 0 Å². The highest BCUT2D eigenvalue weighted by Crippen LogP contribution is 2.19. The zero-order valence-electron chi connectivity index (χ0n) is 7.09. The van der Waals surface area contributed by atoms with Crippen LogP contribution in [0, 0.1) is 12.3 Å². The van der Waals surface area contributed by atoms with E-state index in [1.807, 2.05) is 19.2 Å². The maximum Gasteiger partial charge on any atom is 0.125 e. The Morgan fingerprint density at radius 1 is 1.67 bits per heavy atom. The Balaban J connectivity index is 3.29. The molecular weight excluding hydrogens is 170 g/mol. The van der Waals surface area contributed by atoms with Crippen LogP contribution < -0.4 is 5.73 Å². The van der Waals surface area contributed by atoms with E-state index in [0.717, 1.165) is 16.2 Å². The van der Waals surface area contributed by atoms with Crippen LogP contribution in [0.2, 0.25) is 0 Å². The smallest absolute Gasteiger partial charge is 0.125 e. The van der Waals surface area contributed by atoms with E-state index in [4.69, 9.17) is 11.1 Å². The van der Waals surface area contributed by atoms with Crippen LogP contribution in [0.4, 0.5) is 0 Å². The molecule has 0 aliphatic rings. The number of nitrogen functional groups attached to an aromatic ring is 1. The molecule has 0 aliphatic heterocycles. The number of nitrogens with zero attached hydrogens (tertiary/aromatic N) is 1. The topological polar surface area (TPSA) is 62.8 Å². The van der Waals surface area contributed by atoms with E-state index in [1.54, 1.807) is 6.20 Å². The summed E-state index contributed by atoms with van der Waals surface area (Å²) in [5.41, 5.74) is 7.18. The number of rotatable bonds is 2. The van der Waals surface area contributed by atoms with Gasteiger partial charge in [-0.25, -0.2) is 4.98 Å². The fourth-order valence-electron chi connectivity index (χ4n) is 1.02. The zero-order valence-corrected chi connectivity index (χ0v) is 7.90. The molecule has 0 bridgehead atoms. The highest BCUT2D eigenvalue weighted by molar-refractivity contribution is 7.98. The van der Waals surface area contributed by atoms with Gasteiger partial charge >= 0.3 is 0 Å². The molecule has 4 heteroatoms. The van der Waals surface area contributed by atoms with Crippen molar-refractivity contribution >= 4 is 17.6 Å². The van der Waals surface area contributed by atoms with E-state index in [-0.39, 0.29) is 5.84 Å². The zero-order chi connectivity index (χ0) is 9.14. The average molecular weight is 181 g/mol. The first-order chi connectivity index (χ1) is 5.66. The van der Waals surface area contributed by atoms with E-state index in [1.165, 1.54) is 11.8 Å². The first-order valence-electron chi connectivity index (χ1n) is 3.50. The molecule has 0 amide bonds. The number of aromatic nitrogens is 1. The van der Waals surface area contributed by atoms with E-state index < -0.39 is 0 Å². The first kappa shape index (κ1) is 9.06. The number of hydrogen-bond donors (Lipinski definition) is 2. The summed E-state index contributed by atoms with van der Waals surface area (Å²) >= 11 is 1.51. The van der Waals surface area contributed by atoms with Gasteiger partial charge in [-0.05, 0) is 24.8 Å². The number of nitrogens with two attached hydrogens (primary N) is 1. The fourth-order valence-corrected chi connectivity index (χ4v) is 1.66. The van der Waals surface area contributed by atoms with Crippen LogP contribution in [0.1, 0.15) is 11.1 Å².